The molecule has 0 amide bonds. The molecule has 0 spiro atoms. The molecule has 0 aromatic carbocycles. The van der Waals surface area contributed by atoms with Crippen LogP contribution in [-0.4, -0.2) is 27.5 Å². The lowest BCUT2D eigenvalue weighted by Gasteiger charge is -2.28. The number of hydrogen-bond donors (Lipinski definition) is 1. The molecule has 4 heteroatoms. The molecule has 16 heavy (non-hydrogen) atoms. The summed E-state index contributed by atoms with van der Waals surface area (Å²) in [5, 5.41) is 0. The second kappa shape index (κ2) is 6.55. The van der Waals surface area contributed by atoms with Crippen LogP contribution in [0.25, 0.3) is 0 Å². The van der Waals surface area contributed by atoms with Gasteiger partial charge in [0.05, 0.1) is 16.7 Å². The summed E-state index contributed by atoms with van der Waals surface area (Å²) < 4.78 is 0. The van der Waals surface area contributed by atoms with Gasteiger partial charge in [-0.25, -0.2) is 0 Å². The van der Waals surface area contributed by atoms with E-state index in [0.29, 0.717) is 4.99 Å². The number of aromatic nitrogens is 1. The zero-order valence-electron chi connectivity index (χ0n) is 9.89. The van der Waals surface area contributed by atoms with Gasteiger partial charge >= 0.3 is 0 Å². The van der Waals surface area contributed by atoms with Crippen molar-refractivity contribution < 1.29 is 0 Å². The lowest BCUT2D eigenvalue weighted by Crippen LogP contribution is -2.43. The van der Waals surface area contributed by atoms with Crippen molar-refractivity contribution in [1.29, 1.82) is 0 Å². The van der Waals surface area contributed by atoms with Crippen molar-refractivity contribution in [3.63, 3.8) is 0 Å². The minimum Gasteiger partial charge on any atom is -0.392 e. The number of hydrogen-bond acceptors (Lipinski definition) is 3. The van der Waals surface area contributed by atoms with Crippen molar-refractivity contribution in [2.75, 3.05) is 6.54 Å². The standard InChI is InChI=1S/C12H19N3S/c1-3-11(12(13)16)15(4-2)9-10-7-5-6-8-14-10/h5-8,11H,3-4,9H2,1-2H3,(H2,13,16). The maximum atomic E-state index is 5.75. The number of nitrogens with zero attached hydrogens (tertiary/aromatic N) is 2. The Morgan fingerprint density at radius 2 is 2.25 bits per heavy atom. The minimum absolute atomic E-state index is 0.169. The number of rotatable bonds is 6. The van der Waals surface area contributed by atoms with Crippen LogP contribution >= 0.6 is 12.2 Å². The van der Waals surface area contributed by atoms with Gasteiger partial charge in [-0.2, -0.15) is 0 Å². The molecule has 0 fully saturated rings. The van der Waals surface area contributed by atoms with Crippen LogP contribution in [0.15, 0.2) is 24.4 Å². The SMILES string of the molecule is CCC(C(N)=S)N(CC)Cc1ccccn1. The molecule has 0 radical (unpaired) electrons. The van der Waals surface area contributed by atoms with E-state index < -0.39 is 0 Å². The number of likely N-dealkylation sites (N-methyl/N-ethyl adjacent to an activating group) is 1. The maximum absolute atomic E-state index is 5.75. The Labute approximate surface area is 103 Å². The fourth-order valence-corrected chi connectivity index (χ4v) is 2.10. The molecule has 2 N–H and O–H groups in total. The molecular weight excluding hydrogens is 218 g/mol. The monoisotopic (exact) mass is 237 g/mol. The van der Waals surface area contributed by atoms with E-state index in [9.17, 15) is 0 Å². The Balaban J connectivity index is 2.71. The van der Waals surface area contributed by atoms with Gasteiger partial charge in [-0.05, 0) is 25.1 Å². The average Bonchev–Trinajstić information content (AvgIpc) is 2.29. The smallest absolute Gasteiger partial charge is 0.0902 e. The number of thiocarbonyl (C=S) groups is 1. The van der Waals surface area contributed by atoms with Crippen LogP contribution in [0.1, 0.15) is 26.0 Å². The van der Waals surface area contributed by atoms with Gasteiger partial charge in [0.1, 0.15) is 0 Å². The van der Waals surface area contributed by atoms with Crippen LogP contribution in [0, 0.1) is 0 Å². The zero-order chi connectivity index (χ0) is 12.0. The first-order valence-corrected chi connectivity index (χ1v) is 6.03. The highest BCUT2D eigenvalue weighted by Crippen LogP contribution is 2.09. The summed E-state index contributed by atoms with van der Waals surface area (Å²) in [5.41, 5.74) is 6.80. The first kappa shape index (κ1) is 13.1. The normalized spacial score (nSPS) is 12.7. The highest BCUT2D eigenvalue weighted by atomic mass is 32.1. The van der Waals surface area contributed by atoms with Crippen molar-refractivity contribution in [3.8, 4) is 0 Å². The summed E-state index contributed by atoms with van der Waals surface area (Å²) in [4.78, 5) is 7.14. The van der Waals surface area contributed by atoms with Crippen LogP contribution in [0.4, 0.5) is 0 Å². The van der Waals surface area contributed by atoms with Crippen molar-refractivity contribution >= 4 is 17.2 Å². The molecule has 1 rings (SSSR count). The summed E-state index contributed by atoms with van der Waals surface area (Å²) in [6.45, 7) is 5.94. The molecule has 1 aromatic heterocycles. The fraction of sp³-hybridized carbons (Fsp3) is 0.500. The Morgan fingerprint density at radius 3 is 2.69 bits per heavy atom. The third-order valence-electron chi connectivity index (χ3n) is 2.65. The van der Waals surface area contributed by atoms with Crippen LogP contribution in [0.5, 0.6) is 0 Å². The van der Waals surface area contributed by atoms with Gasteiger partial charge in [0.15, 0.2) is 0 Å². The molecule has 1 heterocycles. The Bertz CT molecular complexity index is 326. The number of nitrogens with two attached hydrogens (primary N) is 1. The van der Waals surface area contributed by atoms with Gasteiger partial charge in [-0.3, -0.25) is 9.88 Å². The van der Waals surface area contributed by atoms with Crippen LogP contribution in [-0.2, 0) is 6.54 Å². The predicted molar refractivity (Wildman–Crippen MR) is 71.2 cm³/mol. The van der Waals surface area contributed by atoms with Crippen molar-refractivity contribution in [3.05, 3.63) is 30.1 Å². The zero-order valence-corrected chi connectivity index (χ0v) is 10.7. The van der Waals surface area contributed by atoms with Crippen LogP contribution < -0.4 is 5.73 Å². The summed E-state index contributed by atoms with van der Waals surface area (Å²) in [6.07, 6.45) is 2.75. The largest absolute Gasteiger partial charge is 0.392 e. The second-order valence-electron chi connectivity index (χ2n) is 3.71. The van der Waals surface area contributed by atoms with Gasteiger partial charge in [-0.15, -0.1) is 0 Å². The van der Waals surface area contributed by atoms with Crippen LogP contribution in [0.3, 0.4) is 0 Å². The van der Waals surface area contributed by atoms with E-state index in [4.69, 9.17) is 18.0 Å². The van der Waals surface area contributed by atoms with E-state index >= 15 is 0 Å². The lowest BCUT2D eigenvalue weighted by atomic mass is 10.1. The quantitative estimate of drug-likeness (QED) is 0.768. The highest BCUT2D eigenvalue weighted by Gasteiger charge is 2.18. The van der Waals surface area contributed by atoms with Gasteiger partial charge < -0.3 is 5.73 Å². The van der Waals surface area contributed by atoms with Gasteiger partial charge in [0, 0.05) is 12.7 Å². The molecule has 88 valence electrons. The first-order valence-electron chi connectivity index (χ1n) is 5.62. The molecule has 1 unspecified atom stereocenters. The first-order chi connectivity index (χ1) is 7.69. The maximum Gasteiger partial charge on any atom is 0.0902 e. The molecule has 1 aromatic rings. The average molecular weight is 237 g/mol. The summed E-state index contributed by atoms with van der Waals surface area (Å²) in [7, 11) is 0. The van der Waals surface area contributed by atoms with E-state index in [-0.39, 0.29) is 6.04 Å². The topological polar surface area (TPSA) is 42.1 Å². The summed E-state index contributed by atoms with van der Waals surface area (Å²) in [6, 6.07) is 6.11. The fourth-order valence-electron chi connectivity index (χ4n) is 1.78. The molecule has 0 saturated heterocycles. The molecule has 1 atom stereocenters. The van der Waals surface area contributed by atoms with E-state index in [1.165, 1.54) is 0 Å². The predicted octanol–water partition coefficient (Wildman–Crippen LogP) is 1.97. The summed E-state index contributed by atoms with van der Waals surface area (Å²) in [5.74, 6) is 0. The molecule has 0 aliphatic rings. The minimum atomic E-state index is 0.169. The van der Waals surface area contributed by atoms with Crippen molar-refractivity contribution in [2.45, 2.75) is 32.9 Å². The molecule has 0 aliphatic carbocycles. The molecule has 0 saturated carbocycles. The van der Waals surface area contributed by atoms with Gasteiger partial charge in [0.25, 0.3) is 0 Å². The van der Waals surface area contributed by atoms with E-state index in [1.54, 1.807) is 0 Å². The molecular formula is C12H19N3S. The lowest BCUT2D eigenvalue weighted by molar-refractivity contribution is 0.239. The van der Waals surface area contributed by atoms with Gasteiger partial charge in [-0.1, -0.05) is 32.1 Å². The Hall–Kier alpha value is -1.00. The van der Waals surface area contributed by atoms with E-state index in [2.05, 4.69) is 23.7 Å². The highest BCUT2D eigenvalue weighted by molar-refractivity contribution is 7.80. The Morgan fingerprint density at radius 1 is 1.50 bits per heavy atom. The third-order valence-corrected chi connectivity index (χ3v) is 2.93. The van der Waals surface area contributed by atoms with E-state index in [1.807, 2.05) is 24.4 Å². The van der Waals surface area contributed by atoms with E-state index in [0.717, 1.165) is 25.2 Å². The molecule has 3 nitrogen and oxygen atoms in total. The number of pyridine rings is 1. The molecule has 0 bridgehead atoms. The summed E-state index contributed by atoms with van der Waals surface area (Å²) >= 11 is 5.09. The van der Waals surface area contributed by atoms with Crippen LogP contribution in [0.2, 0.25) is 0 Å². The Kier molecular flexibility index (Phi) is 5.35. The molecule has 0 aliphatic heterocycles. The third kappa shape index (κ3) is 3.54. The second-order valence-corrected chi connectivity index (χ2v) is 4.18. The van der Waals surface area contributed by atoms with Crippen molar-refractivity contribution in [2.24, 2.45) is 5.73 Å². The van der Waals surface area contributed by atoms with Gasteiger partial charge in [0.2, 0.25) is 0 Å². The van der Waals surface area contributed by atoms with Crippen molar-refractivity contribution in [1.82, 2.24) is 9.88 Å².